The Kier molecular flexibility index (Phi) is 3.20. The molecule has 0 radical (unpaired) electrons. The molecular weight excluding hydrogens is 382 g/mol. The number of allylic oxidation sites excluding steroid dienone is 1. The first-order chi connectivity index (χ1) is 11.1. The molecule has 1 unspecified atom stereocenters. The Labute approximate surface area is 142 Å². The highest BCUT2D eigenvalue weighted by Gasteiger charge is 2.36. The number of benzene rings is 1. The van der Waals surface area contributed by atoms with Crippen LogP contribution in [0.5, 0.6) is 0 Å². The second-order valence-electron chi connectivity index (χ2n) is 5.10. The van der Waals surface area contributed by atoms with Gasteiger partial charge in [-0.2, -0.15) is 4.68 Å². The third-order valence-corrected chi connectivity index (χ3v) is 5.69. The van der Waals surface area contributed by atoms with Crippen molar-refractivity contribution in [2.45, 2.75) is 13.0 Å². The van der Waals surface area contributed by atoms with Crippen LogP contribution in [-0.2, 0) is 4.79 Å². The largest absolute Gasteiger partial charge is 0.478 e. The van der Waals surface area contributed by atoms with Crippen LogP contribution in [-0.4, -0.2) is 31.3 Å². The Morgan fingerprint density at radius 3 is 3.00 bits per heavy atom. The van der Waals surface area contributed by atoms with Crippen molar-refractivity contribution in [2.24, 2.45) is 0 Å². The normalized spacial score (nSPS) is 17.2. The molecule has 1 aromatic carbocycles. The lowest BCUT2D eigenvalue weighted by molar-refractivity contribution is -0.133. The predicted octanol–water partition coefficient (Wildman–Crippen LogP) is 3.02. The average Bonchev–Trinajstić information content (AvgIpc) is 3.08. The topological polar surface area (TPSA) is 92.9 Å². The van der Waals surface area contributed by atoms with Crippen LogP contribution in [0.4, 0.5) is 5.95 Å². The van der Waals surface area contributed by atoms with E-state index in [0.717, 1.165) is 19.4 Å². The highest BCUT2D eigenvalue weighted by Crippen LogP contribution is 2.45. The maximum atomic E-state index is 11.9. The minimum Gasteiger partial charge on any atom is -0.478 e. The molecule has 9 heteroatoms. The Morgan fingerprint density at radius 2 is 2.22 bits per heavy atom. The first-order valence-corrected chi connectivity index (χ1v) is 8.34. The SMILES string of the molecule is CC1=C(C(=O)O)C(c2c(Br)sc3ccccc23)n2nnnc2N1. The van der Waals surface area contributed by atoms with Crippen molar-refractivity contribution in [3.05, 3.63) is 44.9 Å². The summed E-state index contributed by atoms with van der Waals surface area (Å²) in [6.07, 6.45) is 0. The van der Waals surface area contributed by atoms with Gasteiger partial charge in [0.1, 0.15) is 6.04 Å². The molecule has 0 amide bonds. The Morgan fingerprint density at radius 1 is 1.43 bits per heavy atom. The zero-order valence-corrected chi connectivity index (χ0v) is 14.2. The lowest BCUT2D eigenvalue weighted by atomic mass is 9.95. The molecule has 0 aliphatic carbocycles. The van der Waals surface area contributed by atoms with Gasteiger partial charge in [-0.25, -0.2) is 4.79 Å². The number of aliphatic carboxylic acids is 1. The van der Waals surface area contributed by atoms with Crippen LogP contribution in [0.1, 0.15) is 18.5 Å². The number of nitrogens with one attached hydrogen (secondary N) is 1. The van der Waals surface area contributed by atoms with Gasteiger partial charge in [0.15, 0.2) is 0 Å². The number of thiophene rings is 1. The van der Waals surface area contributed by atoms with Gasteiger partial charge < -0.3 is 10.4 Å². The minimum absolute atomic E-state index is 0.231. The van der Waals surface area contributed by atoms with E-state index in [1.54, 1.807) is 18.3 Å². The summed E-state index contributed by atoms with van der Waals surface area (Å²) in [5.74, 6) is -0.567. The van der Waals surface area contributed by atoms with Crippen molar-refractivity contribution < 1.29 is 9.90 Å². The first kappa shape index (κ1) is 14.3. The molecule has 2 N–H and O–H groups in total. The molecule has 0 bridgehead atoms. The highest BCUT2D eigenvalue weighted by molar-refractivity contribution is 9.11. The van der Waals surface area contributed by atoms with Gasteiger partial charge in [0.2, 0.25) is 5.95 Å². The molecule has 2 aromatic heterocycles. The Bertz CT molecular complexity index is 977. The number of halogens is 1. The number of nitrogens with zero attached hydrogens (tertiary/aromatic N) is 4. The second kappa shape index (κ2) is 5.14. The van der Waals surface area contributed by atoms with E-state index in [9.17, 15) is 9.90 Å². The number of aromatic nitrogens is 4. The molecule has 1 aliphatic rings. The van der Waals surface area contributed by atoms with E-state index >= 15 is 0 Å². The summed E-state index contributed by atoms with van der Waals surface area (Å²) in [6.45, 7) is 1.72. The maximum Gasteiger partial charge on any atom is 0.335 e. The van der Waals surface area contributed by atoms with Crippen LogP contribution >= 0.6 is 27.3 Å². The van der Waals surface area contributed by atoms with Crippen molar-refractivity contribution in [2.75, 3.05) is 5.32 Å². The second-order valence-corrected chi connectivity index (χ2v) is 7.47. The third kappa shape index (κ3) is 2.07. The summed E-state index contributed by atoms with van der Waals surface area (Å²) < 4.78 is 3.46. The van der Waals surface area contributed by atoms with Crippen LogP contribution in [0.2, 0.25) is 0 Å². The fourth-order valence-electron chi connectivity index (χ4n) is 2.85. The molecule has 4 rings (SSSR count). The Hall–Kier alpha value is -2.26. The van der Waals surface area contributed by atoms with E-state index in [1.165, 1.54) is 4.68 Å². The molecule has 7 nitrogen and oxygen atoms in total. The molecule has 23 heavy (non-hydrogen) atoms. The lowest BCUT2D eigenvalue weighted by Gasteiger charge is -2.26. The number of tetrazole rings is 1. The molecule has 1 aliphatic heterocycles. The smallest absolute Gasteiger partial charge is 0.335 e. The van der Waals surface area contributed by atoms with Crippen LogP contribution in [0.3, 0.4) is 0 Å². The molecule has 3 heterocycles. The number of carboxylic acids is 1. The number of rotatable bonds is 2. The van der Waals surface area contributed by atoms with E-state index in [1.807, 2.05) is 24.3 Å². The quantitative estimate of drug-likeness (QED) is 0.697. The Balaban J connectivity index is 2.05. The highest BCUT2D eigenvalue weighted by atomic mass is 79.9. The standard InChI is InChI=1S/C14H10BrN5O2S/c1-6-9(13(21)22)11(20-14(16-6)17-18-19-20)10-7-4-2-3-5-8(7)23-12(10)15/h2-5,11H,1H3,(H,21,22)(H,16,17,19). The average molecular weight is 392 g/mol. The molecule has 1 atom stereocenters. The number of hydrogen-bond acceptors (Lipinski definition) is 6. The minimum atomic E-state index is -0.997. The van der Waals surface area contributed by atoms with Crippen molar-refractivity contribution in [3.63, 3.8) is 0 Å². The number of hydrogen-bond donors (Lipinski definition) is 2. The van der Waals surface area contributed by atoms with Crippen molar-refractivity contribution in [1.29, 1.82) is 0 Å². The summed E-state index contributed by atoms with van der Waals surface area (Å²) >= 11 is 5.15. The van der Waals surface area contributed by atoms with E-state index in [0.29, 0.717) is 11.6 Å². The number of carbonyl (C=O) groups is 1. The molecule has 116 valence electrons. The summed E-state index contributed by atoms with van der Waals surface area (Å²) in [5.41, 5.74) is 1.62. The lowest BCUT2D eigenvalue weighted by Crippen LogP contribution is -2.28. The fraction of sp³-hybridized carbons (Fsp3) is 0.143. The predicted molar refractivity (Wildman–Crippen MR) is 89.4 cm³/mol. The van der Waals surface area contributed by atoms with Gasteiger partial charge in [-0.15, -0.1) is 11.3 Å². The zero-order valence-electron chi connectivity index (χ0n) is 11.8. The maximum absolute atomic E-state index is 11.9. The van der Waals surface area contributed by atoms with E-state index in [2.05, 4.69) is 36.8 Å². The van der Waals surface area contributed by atoms with Crippen LogP contribution in [0.25, 0.3) is 10.1 Å². The van der Waals surface area contributed by atoms with Gasteiger partial charge in [0, 0.05) is 16.0 Å². The van der Waals surface area contributed by atoms with E-state index in [-0.39, 0.29) is 5.57 Å². The van der Waals surface area contributed by atoms with Gasteiger partial charge in [-0.1, -0.05) is 23.3 Å². The first-order valence-electron chi connectivity index (χ1n) is 6.74. The summed E-state index contributed by atoms with van der Waals surface area (Å²) in [4.78, 5) is 11.9. The van der Waals surface area contributed by atoms with Gasteiger partial charge in [-0.3, -0.25) is 0 Å². The van der Waals surface area contributed by atoms with E-state index < -0.39 is 12.0 Å². The van der Waals surface area contributed by atoms with Crippen molar-refractivity contribution in [1.82, 2.24) is 20.2 Å². The van der Waals surface area contributed by atoms with Gasteiger partial charge in [-0.05, 0) is 44.7 Å². The van der Waals surface area contributed by atoms with E-state index in [4.69, 9.17) is 0 Å². The fourth-order valence-corrected chi connectivity index (χ4v) is 4.76. The molecular formula is C14H10BrN5O2S. The summed E-state index contributed by atoms with van der Waals surface area (Å²) in [6, 6.07) is 7.28. The summed E-state index contributed by atoms with van der Waals surface area (Å²) in [5, 5.41) is 25.2. The monoisotopic (exact) mass is 391 g/mol. The third-order valence-electron chi connectivity index (χ3n) is 3.81. The summed E-state index contributed by atoms with van der Waals surface area (Å²) in [7, 11) is 0. The molecule has 0 saturated carbocycles. The molecule has 3 aromatic rings. The van der Waals surface area contributed by atoms with Crippen LogP contribution < -0.4 is 5.32 Å². The van der Waals surface area contributed by atoms with Crippen LogP contribution in [0, 0.1) is 0 Å². The molecule has 0 saturated heterocycles. The van der Waals surface area contributed by atoms with Crippen LogP contribution in [0.15, 0.2) is 39.3 Å². The van der Waals surface area contributed by atoms with Gasteiger partial charge in [0.25, 0.3) is 0 Å². The van der Waals surface area contributed by atoms with Gasteiger partial charge in [0.05, 0.1) is 9.36 Å². The molecule has 0 spiro atoms. The number of anilines is 1. The number of carboxylic acid groups (broad SMARTS) is 1. The van der Waals surface area contributed by atoms with Crippen molar-refractivity contribution >= 4 is 49.3 Å². The van der Waals surface area contributed by atoms with Gasteiger partial charge >= 0.3 is 5.97 Å². The number of fused-ring (bicyclic) bond motifs is 2. The van der Waals surface area contributed by atoms with Crippen molar-refractivity contribution in [3.8, 4) is 0 Å². The zero-order chi connectivity index (χ0) is 16.1. The molecule has 0 fully saturated rings.